The van der Waals surface area contributed by atoms with Gasteiger partial charge in [-0.25, -0.2) is 4.39 Å². The molecule has 1 heterocycles. The average Bonchev–Trinajstić information content (AvgIpc) is 2.73. The number of nitro groups is 1. The van der Waals surface area contributed by atoms with Crippen LogP contribution in [0.5, 0.6) is 0 Å². The van der Waals surface area contributed by atoms with Gasteiger partial charge in [-0.3, -0.25) is 19.7 Å². The molecule has 1 aliphatic rings. The number of hydrogen-bond donors (Lipinski definition) is 1. The second kappa shape index (κ2) is 9.08. The minimum absolute atomic E-state index is 0.148. The standard InChI is InChI=1S/C20H20ClFN4O4/c1-13-17(22)9-14(10-18(13)26(29)30)20(28)23-12-19(27)25-7-5-24(6-8-25)16-4-2-3-15(21)11-16/h2-4,9-11H,5-8,12H2,1H3,(H,23,28). The van der Waals surface area contributed by atoms with E-state index in [0.717, 1.165) is 17.8 Å². The summed E-state index contributed by atoms with van der Waals surface area (Å²) >= 11 is 6.02. The summed E-state index contributed by atoms with van der Waals surface area (Å²) in [7, 11) is 0. The molecule has 158 valence electrons. The fourth-order valence-corrected chi connectivity index (χ4v) is 3.43. The van der Waals surface area contributed by atoms with Crippen LogP contribution in [0.15, 0.2) is 36.4 Å². The normalized spacial score (nSPS) is 13.8. The van der Waals surface area contributed by atoms with Crippen molar-refractivity contribution in [2.75, 3.05) is 37.6 Å². The highest BCUT2D eigenvalue weighted by Gasteiger charge is 2.23. The van der Waals surface area contributed by atoms with Crippen molar-refractivity contribution in [3.05, 3.63) is 68.5 Å². The maximum atomic E-state index is 13.9. The van der Waals surface area contributed by atoms with Crippen molar-refractivity contribution in [1.29, 1.82) is 0 Å². The highest BCUT2D eigenvalue weighted by molar-refractivity contribution is 6.30. The number of nitrogens with zero attached hydrogens (tertiary/aromatic N) is 3. The summed E-state index contributed by atoms with van der Waals surface area (Å²) in [5, 5.41) is 14.1. The zero-order chi connectivity index (χ0) is 21.8. The number of hydrogen-bond acceptors (Lipinski definition) is 5. The number of halogens is 2. The monoisotopic (exact) mass is 434 g/mol. The lowest BCUT2D eigenvalue weighted by Gasteiger charge is -2.36. The molecule has 0 aromatic heterocycles. The van der Waals surface area contributed by atoms with E-state index in [2.05, 4.69) is 10.2 Å². The average molecular weight is 435 g/mol. The Morgan fingerprint density at radius 2 is 1.90 bits per heavy atom. The van der Waals surface area contributed by atoms with Gasteiger partial charge in [0, 0.05) is 48.5 Å². The molecular weight excluding hydrogens is 415 g/mol. The lowest BCUT2D eigenvalue weighted by atomic mass is 10.1. The van der Waals surface area contributed by atoms with Crippen LogP contribution in [0.4, 0.5) is 15.8 Å². The van der Waals surface area contributed by atoms with Gasteiger partial charge in [-0.15, -0.1) is 0 Å². The summed E-state index contributed by atoms with van der Waals surface area (Å²) in [5.74, 6) is -1.88. The van der Waals surface area contributed by atoms with E-state index in [1.165, 1.54) is 6.92 Å². The van der Waals surface area contributed by atoms with E-state index in [-0.39, 0.29) is 23.6 Å². The number of nitro benzene ring substituents is 1. The van der Waals surface area contributed by atoms with Gasteiger partial charge in [0.05, 0.1) is 17.0 Å². The van der Waals surface area contributed by atoms with Gasteiger partial charge < -0.3 is 15.1 Å². The third kappa shape index (κ3) is 4.85. The van der Waals surface area contributed by atoms with Crippen molar-refractivity contribution in [3.8, 4) is 0 Å². The summed E-state index contributed by atoms with van der Waals surface area (Å²) in [4.78, 5) is 38.7. The van der Waals surface area contributed by atoms with Gasteiger partial charge in [0.1, 0.15) is 5.82 Å². The van der Waals surface area contributed by atoms with Gasteiger partial charge in [-0.05, 0) is 31.2 Å². The molecule has 8 nitrogen and oxygen atoms in total. The first kappa shape index (κ1) is 21.5. The Hall–Kier alpha value is -3.20. The first-order valence-corrected chi connectivity index (χ1v) is 9.65. The Morgan fingerprint density at radius 3 is 2.53 bits per heavy atom. The molecule has 10 heteroatoms. The number of carbonyl (C=O) groups excluding carboxylic acids is 2. The van der Waals surface area contributed by atoms with E-state index in [0.29, 0.717) is 31.2 Å². The Balaban J connectivity index is 1.55. The maximum absolute atomic E-state index is 13.9. The number of anilines is 1. The van der Waals surface area contributed by atoms with Crippen molar-refractivity contribution in [1.82, 2.24) is 10.2 Å². The van der Waals surface area contributed by atoms with Crippen LogP contribution >= 0.6 is 11.6 Å². The van der Waals surface area contributed by atoms with Gasteiger partial charge in [0.15, 0.2) is 0 Å². The van der Waals surface area contributed by atoms with Gasteiger partial charge >= 0.3 is 0 Å². The largest absolute Gasteiger partial charge is 0.368 e. The molecule has 0 spiro atoms. The molecule has 0 unspecified atom stereocenters. The quantitative estimate of drug-likeness (QED) is 0.576. The van der Waals surface area contributed by atoms with Crippen molar-refractivity contribution < 1.29 is 18.9 Å². The fraction of sp³-hybridized carbons (Fsp3) is 0.300. The highest BCUT2D eigenvalue weighted by Crippen LogP contribution is 2.23. The van der Waals surface area contributed by atoms with Crippen LogP contribution in [0.2, 0.25) is 5.02 Å². The first-order valence-electron chi connectivity index (χ1n) is 9.27. The van der Waals surface area contributed by atoms with Crippen LogP contribution in [0, 0.1) is 22.9 Å². The fourth-order valence-electron chi connectivity index (χ4n) is 3.24. The lowest BCUT2D eigenvalue weighted by molar-refractivity contribution is -0.385. The van der Waals surface area contributed by atoms with Gasteiger partial charge in [-0.2, -0.15) is 0 Å². The van der Waals surface area contributed by atoms with Crippen LogP contribution < -0.4 is 10.2 Å². The van der Waals surface area contributed by atoms with E-state index in [4.69, 9.17) is 11.6 Å². The van der Waals surface area contributed by atoms with Crippen LogP contribution in [0.1, 0.15) is 15.9 Å². The lowest BCUT2D eigenvalue weighted by Crippen LogP contribution is -2.51. The molecule has 0 saturated carbocycles. The summed E-state index contributed by atoms with van der Waals surface area (Å²) in [6, 6.07) is 9.39. The van der Waals surface area contributed by atoms with E-state index in [9.17, 15) is 24.1 Å². The number of carbonyl (C=O) groups is 2. The van der Waals surface area contributed by atoms with Crippen LogP contribution in [0.25, 0.3) is 0 Å². The summed E-state index contributed by atoms with van der Waals surface area (Å²) in [6.45, 7) is 3.18. The van der Waals surface area contributed by atoms with E-state index in [1.54, 1.807) is 11.0 Å². The third-order valence-electron chi connectivity index (χ3n) is 4.98. The number of amides is 2. The number of nitrogens with one attached hydrogen (secondary N) is 1. The molecule has 0 atom stereocenters. The zero-order valence-electron chi connectivity index (χ0n) is 16.2. The number of piperazine rings is 1. The Labute approximate surface area is 177 Å². The van der Waals surface area contributed by atoms with Gasteiger partial charge in [0.2, 0.25) is 5.91 Å². The molecule has 2 amide bonds. The smallest absolute Gasteiger partial charge is 0.276 e. The van der Waals surface area contributed by atoms with E-state index in [1.807, 2.05) is 18.2 Å². The van der Waals surface area contributed by atoms with Crippen LogP contribution in [-0.4, -0.2) is 54.4 Å². The molecule has 1 saturated heterocycles. The molecule has 0 bridgehead atoms. The maximum Gasteiger partial charge on any atom is 0.276 e. The molecule has 0 aliphatic carbocycles. The topological polar surface area (TPSA) is 95.8 Å². The molecule has 3 rings (SSSR count). The van der Waals surface area contributed by atoms with Gasteiger partial charge in [0.25, 0.3) is 11.6 Å². The zero-order valence-corrected chi connectivity index (χ0v) is 17.0. The Morgan fingerprint density at radius 1 is 1.20 bits per heavy atom. The predicted molar refractivity (Wildman–Crippen MR) is 110 cm³/mol. The molecule has 2 aromatic rings. The molecule has 1 N–H and O–H groups in total. The molecule has 2 aromatic carbocycles. The minimum Gasteiger partial charge on any atom is -0.368 e. The Kier molecular flexibility index (Phi) is 6.51. The summed E-state index contributed by atoms with van der Waals surface area (Å²) < 4.78 is 13.9. The molecular formula is C20H20ClFN4O4. The van der Waals surface area contributed by atoms with Gasteiger partial charge in [-0.1, -0.05) is 17.7 Å². The van der Waals surface area contributed by atoms with Crippen molar-refractivity contribution >= 4 is 34.8 Å². The molecule has 1 aliphatic heterocycles. The predicted octanol–water partition coefficient (Wildman–Crippen LogP) is 2.77. The van der Waals surface area contributed by atoms with Crippen molar-refractivity contribution in [2.24, 2.45) is 0 Å². The first-order chi connectivity index (χ1) is 14.3. The third-order valence-corrected chi connectivity index (χ3v) is 5.22. The Bertz CT molecular complexity index is 993. The summed E-state index contributed by atoms with van der Waals surface area (Å²) in [6.07, 6.45) is 0. The van der Waals surface area contributed by atoms with Crippen molar-refractivity contribution in [3.63, 3.8) is 0 Å². The van der Waals surface area contributed by atoms with Crippen molar-refractivity contribution in [2.45, 2.75) is 6.92 Å². The van der Waals surface area contributed by atoms with Crippen LogP contribution in [0.3, 0.4) is 0 Å². The minimum atomic E-state index is -0.849. The number of rotatable bonds is 5. The van der Waals surface area contributed by atoms with Crippen LogP contribution in [-0.2, 0) is 4.79 Å². The van der Waals surface area contributed by atoms with E-state index >= 15 is 0 Å². The highest BCUT2D eigenvalue weighted by atomic mass is 35.5. The SMILES string of the molecule is Cc1c(F)cc(C(=O)NCC(=O)N2CCN(c3cccc(Cl)c3)CC2)cc1[N+](=O)[O-]. The van der Waals surface area contributed by atoms with E-state index < -0.39 is 22.3 Å². The second-order valence-corrected chi connectivity index (χ2v) is 7.33. The second-order valence-electron chi connectivity index (χ2n) is 6.89. The molecule has 1 fully saturated rings. The number of benzene rings is 2. The molecule has 0 radical (unpaired) electrons. The summed E-state index contributed by atoms with van der Waals surface area (Å²) in [5.41, 5.74) is 0.142. The molecule has 30 heavy (non-hydrogen) atoms.